The second-order valence-electron chi connectivity index (χ2n) is 6.55. The molecule has 0 unspecified atom stereocenters. The Kier molecular flexibility index (Phi) is 6.45. The molecule has 0 aromatic heterocycles. The molecule has 9 nitrogen and oxygen atoms in total. The zero-order valence-electron chi connectivity index (χ0n) is 15.4. The van der Waals surface area contributed by atoms with E-state index in [0.29, 0.717) is 13.2 Å². The summed E-state index contributed by atoms with van der Waals surface area (Å²) in [7, 11) is -4.29. The zero-order chi connectivity index (χ0) is 20.9. The quantitative estimate of drug-likeness (QED) is 0.539. The standard InChI is InChI=1S/C19H20N2O7S/c22-19(15-4-2-1-3-5-15)20-29(25,26)16-6-7-18(17(12-16)21(23)24)28-13-14-8-10-27-11-9-14/h1-7,12,14H,8-11,13H2,(H,20,22). The highest BCUT2D eigenvalue weighted by Gasteiger charge is 2.25. The lowest BCUT2D eigenvalue weighted by atomic mass is 10.0. The first-order valence-corrected chi connectivity index (χ1v) is 10.5. The second kappa shape index (κ2) is 9.01. The molecule has 1 amide bonds. The number of carbonyl (C=O) groups is 1. The monoisotopic (exact) mass is 420 g/mol. The maximum Gasteiger partial charge on any atom is 0.312 e. The first kappa shape index (κ1) is 20.7. The van der Waals surface area contributed by atoms with Gasteiger partial charge in [0.2, 0.25) is 0 Å². The van der Waals surface area contributed by atoms with Crippen LogP contribution in [-0.4, -0.2) is 39.1 Å². The minimum absolute atomic E-state index is 0.0187. The smallest absolute Gasteiger partial charge is 0.312 e. The third-order valence-corrected chi connectivity index (χ3v) is 5.84. The lowest BCUT2D eigenvalue weighted by molar-refractivity contribution is -0.386. The Hall–Kier alpha value is -2.98. The Morgan fingerprint density at radius 2 is 1.86 bits per heavy atom. The van der Waals surface area contributed by atoms with Gasteiger partial charge in [0.25, 0.3) is 15.9 Å². The van der Waals surface area contributed by atoms with Crippen molar-refractivity contribution in [1.29, 1.82) is 0 Å². The van der Waals surface area contributed by atoms with Gasteiger partial charge in [0.15, 0.2) is 5.75 Å². The van der Waals surface area contributed by atoms with E-state index < -0.39 is 31.4 Å². The van der Waals surface area contributed by atoms with Crippen molar-refractivity contribution in [3.05, 3.63) is 64.2 Å². The molecule has 1 heterocycles. The summed E-state index contributed by atoms with van der Waals surface area (Å²) in [6.45, 7) is 1.52. The fourth-order valence-electron chi connectivity index (χ4n) is 2.88. The number of carbonyl (C=O) groups excluding carboxylic acids is 1. The summed E-state index contributed by atoms with van der Waals surface area (Å²) in [4.78, 5) is 22.4. The van der Waals surface area contributed by atoms with E-state index in [9.17, 15) is 23.3 Å². The molecule has 3 rings (SSSR count). The van der Waals surface area contributed by atoms with E-state index in [4.69, 9.17) is 9.47 Å². The number of amides is 1. The maximum absolute atomic E-state index is 12.5. The van der Waals surface area contributed by atoms with Gasteiger partial charge in [-0.2, -0.15) is 0 Å². The maximum atomic E-state index is 12.5. The van der Waals surface area contributed by atoms with E-state index in [0.717, 1.165) is 18.9 Å². The molecule has 1 N–H and O–H groups in total. The average molecular weight is 420 g/mol. The molecule has 10 heteroatoms. The van der Waals surface area contributed by atoms with E-state index in [2.05, 4.69) is 0 Å². The van der Waals surface area contributed by atoms with Crippen LogP contribution in [0.15, 0.2) is 53.4 Å². The Morgan fingerprint density at radius 1 is 1.17 bits per heavy atom. The van der Waals surface area contributed by atoms with Crippen molar-refractivity contribution in [3.8, 4) is 5.75 Å². The number of hydrogen-bond donors (Lipinski definition) is 1. The van der Waals surface area contributed by atoms with Gasteiger partial charge in [0.1, 0.15) is 0 Å². The third-order valence-electron chi connectivity index (χ3n) is 4.52. The number of nitro benzene ring substituents is 1. The van der Waals surface area contributed by atoms with Crippen molar-refractivity contribution < 1.29 is 27.6 Å². The molecule has 2 aromatic rings. The van der Waals surface area contributed by atoms with Crippen LogP contribution < -0.4 is 9.46 Å². The van der Waals surface area contributed by atoms with Gasteiger partial charge in [-0.1, -0.05) is 18.2 Å². The lowest BCUT2D eigenvalue weighted by Crippen LogP contribution is -2.30. The molecule has 1 aliphatic heterocycles. The van der Waals surface area contributed by atoms with E-state index >= 15 is 0 Å². The normalized spacial score (nSPS) is 14.9. The predicted molar refractivity (Wildman–Crippen MR) is 103 cm³/mol. The highest BCUT2D eigenvalue weighted by Crippen LogP contribution is 2.31. The molecule has 1 fully saturated rings. The zero-order valence-corrected chi connectivity index (χ0v) is 16.3. The number of nitro groups is 1. The van der Waals surface area contributed by atoms with Crippen LogP contribution in [-0.2, 0) is 14.8 Å². The summed E-state index contributed by atoms with van der Waals surface area (Å²) in [6, 6.07) is 11.1. The number of nitrogens with zero attached hydrogens (tertiary/aromatic N) is 1. The van der Waals surface area contributed by atoms with Crippen LogP contribution in [0.25, 0.3) is 0 Å². The van der Waals surface area contributed by atoms with E-state index in [1.807, 2.05) is 4.72 Å². The van der Waals surface area contributed by atoms with Crippen molar-refractivity contribution in [2.75, 3.05) is 19.8 Å². The first-order valence-electron chi connectivity index (χ1n) is 8.98. The van der Waals surface area contributed by atoms with Gasteiger partial charge in [-0.25, -0.2) is 13.1 Å². The molecule has 2 aromatic carbocycles. The van der Waals surface area contributed by atoms with Crippen molar-refractivity contribution in [2.45, 2.75) is 17.7 Å². The Morgan fingerprint density at radius 3 is 2.52 bits per heavy atom. The summed E-state index contributed by atoms with van der Waals surface area (Å²) in [5, 5.41) is 11.4. The summed E-state index contributed by atoms with van der Waals surface area (Å²) < 4.78 is 37.8. The van der Waals surface area contributed by atoms with Gasteiger partial charge in [-0.15, -0.1) is 0 Å². The summed E-state index contributed by atoms with van der Waals surface area (Å²) >= 11 is 0. The van der Waals surface area contributed by atoms with E-state index in [1.54, 1.807) is 18.2 Å². The molecular weight excluding hydrogens is 400 g/mol. The molecule has 29 heavy (non-hydrogen) atoms. The summed E-state index contributed by atoms with van der Waals surface area (Å²) in [5.74, 6) is -0.625. The number of nitrogens with one attached hydrogen (secondary N) is 1. The fourth-order valence-corrected chi connectivity index (χ4v) is 3.87. The van der Waals surface area contributed by atoms with Crippen LogP contribution in [0.1, 0.15) is 23.2 Å². The molecule has 0 aliphatic carbocycles. The van der Waals surface area contributed by atoms with Crippen molar-refractivity contribution >= 4 is 21.6 Å². The molecule has 0 spiro atoms. The van der Waals surface area contributed by atoms with Crippen molar-refractivity contribution in [1.82, 2.24) is 4.72 Å². The van der Waals surface area contributed by atoms with Crippen LogP contribution in [0, 0.1) is 16.0 Å². The molecule has 0 atom stereocenters. The van der Waals surface area contributed by atoms with Crippen LogP contribution >= 0.6 is 0 Å². The van der Waals surface area contributed by atoms with E-state index in [1.165, 1.54) is 24.3 Å². The molecule has 0 bridgehead atoms. The topological polar surface area (TPSA) is 125 Å². The van der Waals surface area contributed by atoms with Gasteiger partial charge >= 0.3 is 5.69 Å². The van der Waals surface area contributed by atoms with Gasteiger partial charge in [0, 0.05) is 24.8 Å². The van der Waals surface area contributed by atoms with Crippen molar-refractivity contribution in [3.63, 3.8) is 0 Å². The molecule has 1 saturated heterocycles. The van der Waals surface area contributed by atoms with Gasteiger partial charge in [-0.05, 0) is 43.0 Å². The number of rotatable bonds is 7. The van der Waals surface area contributed by atoms with Crippen LogP contribution in [0.5, 0.6) is 5.75 Å². The van der Waals surface area contributed by atoms with Gasteiger partial charge in [-0.3, -0.25) is 14.9 Å². The summed E-state index contributed by atoms with van der Waals surface area (Å²) in [6.07, 6.45) is 1.59. The predicted octanol–water partition coefficient (Wildman–Crippen LogP) is 2.52. The Bertz CT molecular complexity index is 987. The third kappa shape index (κ3) is 5.30. The van der Waals surface area contributed by atoms with Crippen molar-refractivity contribution in [2.24, 2.45) is 5.92 Å². The molecular formula is C19H20N2O7S. The first-order chi connectivity index (χ1) is 13.9. The fraction of sp³-hybridized carbons (Fsp3) is 0.316. The number of sulfonamides is 1. The Balaban J connectivity index is 1.77. The van der Waals surface area contributed by atoms with Crippen LogP contribution in [0.2, 0.25) is 0 Å². The van der Waals surface area contributed by atoms with Gasteiger partial charge < -0.3 is 9.47 Å². The van der Waals surface area contributed by atoms with Crippen LogP contribution in [0.3, 0.4) is 0 Å². The molecule has 0 radical (unpaired) electrons. The summed E-state index contributed by atoms with van der Waals surface area (Å²) in [5.41, 5.74) is -0.325. The minimum Gasteiger partial charge on any atom is -0.487 e. The molecule has 1 aliphatic rings. The number of ether oxygens (including phenoxy) is 2. The lowest BCUT2D eigenvalue weighted by Gasteiger charge is -2.22. The largest absolute Gasteiger partial charge is 0.487 e. The highest BCUT2D eigenvalue weighted by atomic mass is 32.2. The number of hydrogen-bond acceptors (Lipinski definition) is 7. The highest BCUT2D eigenvalue weighted by molar-refractivity contribution is 7.90. The minimum atomic E-state index is -4.29. The molecule has 154 valence electrons. The Labute approximate surface area is 167 Å². The van der Waals surface area contributed by atoms with E-state index in [-0.39, 0.29) is 23.8 Å². The van der Waals surface area contributed by atoms with Crippen LogP contribution in [0.4, 0.5) is 5.69 Å². The SMILES string of the molecule is O=C(NS(=O)(=O)c1ccc(OCC2CCOCC2)c([N+](=O)[O-])c1)c1ccccc1. The average Bonchev–Trinajstić information content (AvgIpc) is 2.73. The second-order valence-corrected chi connectivity index (χ2v) is 8.24. The van der Waals surface area contributed by atoms with Gasteiger partial charge in [0.05, 0.1) is 16.4 Å². The molecule has 0 saturated carbocycles. The number of benzene rings is 2.